The minimum Gasteiger partial charge on any atom is -0.292 e. The summed E-state index contributed by atoms with van der Waals surface area (Å²) >= 11 is 0. The standard InChI is InChI=1S/C20H16N4O8/c25-17(13-4-1-6-15(10-13)23(29)30)12-21(22-18(26)8-3-9-19(22)27)20(28)14-5-2-7-16(11-14)24(31)32/h1-2,4-7,10-11H,3,8-9,12H2. The molecule has 0 atom stereocenters. The van der Waals surface area contributed by atoms with E-state index in [1.165, 1.54) is 30.3 Å². The first-order valence-corrected chi connectivity index (χ1v) is 9.38. The summed E-state index contributed by atoms with van der Waals surface area (Å²) in [7, 11) is 0. The number of carbonyl (C=O) groups is 4. The molecule has 3 amide bonds. The molecule has 12 heteroatoms. The van der Waals surface area contributed by atoms with E-state index in [4.69, 9.17) is 0 Å². The third-order valence-corrected chi connectivity index (χ3v) is 4.71. The summed E-state index contributed by atoms with van der Waals surface area (Å²) in [5.41, 5.74) is -1.06. The maximum atomic E-state index is 13.1. The van der Waals surface area contributed by atoms with Crippen LogP contribution in [0.15, 0.2) is 48.5 Å². The Labute approximate surface area is 180 Å². The average molecular weight is 440 g/mol. The van der Waals surface area contributed by atoms with Gasteiger partial charge in [-0.25, -0.2) is 5.01 Å². The second kappa shape index (κ2) is 9.12. The third-order valence-electron chi connectivity index (χ3n) is 4.71. The highest BCUT2D eigenvalue weighted by molar-refractivity contribution is 6.06. The van der Waals surface area contributed by atoms with Gasteiger partial charge in [0.2, 0.25) is 11.8 Å². The minimum absolute atomic E-state index is 0.0323. The van der Waals surface area contributed by atoms with Gasteiger partial charge in [-0.05, 0) is 12.5 Å². The molecule has 0 bridgehead atoms. The summed E-state index contributed by atoms with van der Waals surface area (Å²) < 4.78 is 0. The summed E-state index contributed by atoms with van der Waals surface area (Å²) in [6, 6.07) is 9.41. The molecule has 1 aliphatic heterocycles. The van der Waals surface area contributed by atoms with E-state index in [1.54, 1.807) is 0 Å². The Balaban J connectivity index is 1.99. The molecule has 0 aromatic heterocycles. The number of imide groups is 1. The molecule has 1 fully saturated rings. The van der Waals surface area contributed by atoms with Crippen LogP contribution in [0.25, 0.3) is 0 Å². The van der Waals surface area contributed by atoms with Crippen LogP contribution in [0.1, 0.15) is 40.0 Å². The number of hydrazine groups is 1. The summed E-state index contributed by atoms with van der Waals surface area (Å²) in [6.07, 6.45) is 0.219. The van der Waals surface area contributed by atoms with Crippen molar-refractivity contribution in [1.29, 1.82) is 0 Å². The number of nitrogens with zero attached hydrogens (tertiary/aromatic N) is 4. The zero-order chi connectivity index (χ0) is 23.4. The smallest absolute Gasteiger partial charge is 0.273 e. The molecule has 0 saturated carbocycles. The van der Waals surface area contributed by atoms with Gasteiger partial charge in [0.15, 0.2) is 5.78 Å². The fourth-order valence-electron chi connectivity index (χ4n) is 3.17. The number of rotatable bonds is 7. The van der Waals surface area contributed by atoms with Crippen molar-refractivity contribution in [2.24, 2.45) is 0 Å². The number of nitro groups is 2. The molecule has 2 aromatic carbocycles. The molecule has 0 N–H and O–H groups in total. The molecule has 0 radical (unpaired) electrons. The predicted octanol–water partition coefficient (Wildman–Crippen LogP) is 2.28. The lowest BCUT2D eigenvalue weighted by Crippen LogP contribution is -2.56. The van der Waals surface area contributed by atoms with Crippen LogP contribution < -0.4 is 0 Å². The molecule has 1 heterocycles. The maximum absolute atomic E-state index is 13.1. The Morgan fingerprint density at radius 3 is 1.91 bits per heavy atom. The number of hydrogen-bond acceptors (Lipinski definition) is 8. The quantitative estimate of drug-likeness (QED) is 0.274. The van der Waals surface area contributed by atoms with Crippen LogP contribution in [0.5, 0.6) is 0 Å². The third kappa shape index (κ3) is 4.64. The number of non-ortho nitro benzene ring substituents is 2. The highest BCUT2D eigenvalue weighted by Gasteiger charge is 2.36. The Hall–Kier alpha value is -4.48. The number of nitro benzene ring substituents is 2. The molecule has 1 aliphatic rings. The average Bonchev–Trinajstić information content (AvgIpc) is 2.77. The normalized spacial score (nSPS) is 13.6. The molecule has 12 nitrogen and oxygen atoms in total. The zero-order valence-electron chi connectivity index (χ0n) is 16.5. The number of ketones is 1. The molecule has 32 heavy (non-hydrogen) atoms. The Bertz CT molecular complexity index is 1130. The van der Waals surface area contributed by atoms with Gasteiger partial charge in [0.1, 0.15) is 6.54 Å². The molecule has 3 rings (SSSR count). The predicted molar refractivity (Wildman–Crippen MR) is 107 cm³/mol. The van der Waals surface area contributed by atoms with Gasteiger partial charge in [0, 0.05) is 48.2 Å². The first-order chi connectivity index (χ1) is 15.2. The number of Topliss-reactive ketones (excluding diaryl/α,β-unsaturated/α-hetero) is 1. The van der Waals surface area contributed by atoms with E-state index < -0.39 is 45.6 Å². The van der Waals surface area contributed by atoms with Gasteiger partial charge in [0.25, 0.3) is 17.3 Å². The molecular formula is C20H16N4O8. The second-order valence-electron chi connectivity index (χ2n) is 6.85. The topological polar surface area (TPSA) is 161 Å². The Morgan fingerprint density at radius 1 is 0.875 bits per heavy atom. The SMILES string of the molecule is O=C(CN(C(=O)c1cccc([N+](=O)[O-])c1)N1C(=O)CCCC1=O)c1cccc([N+](=O)[O-])c1. The zero-order valence-corrected chi connectivity index (χ0v) is 16.5. The molecule has 0 aliphatic carbocycles. The van der Waals surface area contributed by atoms with Gasteiger partial charge in [-0.15, -0.1) is 0 Å². The van der Waals surface area contributed by atoms with Crippen molar-refractivity contribution >= 4 is 34.9 Å². The van der Waals surface area contributed by atoms with Crippen molar-refractivity contribution in [3.63, 3.8) is 0 Å². The van der Waals surface area contributed by atoms with Crippen molar-refractivity contribution in [2.75, 3.05) is 6.54 Å². The minimum atomic E-state index is -0.976. The number of amides is 3. The maximum Gasteiger partial charge on any atom is 0.273 e. The van der Waals surface area contributed by atoms with Crippen molar-refractivity contribution in [3.8, 4) is 0 Å². The van der Waals surface area contributed by atoms with E-state index in [2.05, 4.69) is 0 Å². The van der Waals surface area contributed by atoms with Crippen molar-refractivity contribution < 1.29 is 29.0 Å². The number of carbonyl (C=O) groups excluding carboxylic acids is 4. The lowest BCUT2D eigenvalue weighted by atomic mass is 10.1. The van der Waals surface area contributed by atoms with Gasteiger partial charge in [-0.3, -0.25) is 39.4 Å². The van der Waals surface area contributed by atoms with Crippen LogP contribution in [0, 0.1) is 20.2 Å². The lowest BCUT2D eigenvalue weighted by Gasteiger charge is -2.35. The highest BCUT2D eigenvalue weighted by Crippen LogP contribution is 2.21. The van der Waals surface area contributed by atoms with E-state index in [-0.39, 0.29) is 36.1 Å². The van der Waals surface area contributed by atoms with Gasteiger partial charge in [-0.1, -0.05) is 18.2 Å². The summed E-state index contributed by atoms with van der Waals surface area (Å²) in [5.74, 6) is -3.14. The van der Waals surface area contributed by atoms with Crippen LogP contribution >= 0.6 is 0 Å². The molecule has 0 unspecified atom stereocenters. The van der Waals surface area contributed by atoms with Crippen LogP contribution in [0.4, 0.5) is 11.4 Å². The van der Waals surface area contributed by atoms with Gasteiger partial charge < -0.3 is 0 Å². The number of hydrogen-bond donors (Lipinski definition) is 0. The van der Waals surface area contributed by atoms with Crippen molar-refractivity contribution in [3.05, 3.63) is 79.9 Å². The Morgan fingerprint density at radius 2 is 1.38 bits per heavy atom. The molecular weight excluding hydrogens is 424 g/mol. The van der Waals surface area contributed by atoms with E-state index in [1.807, 2.05) is 0 Å². The molecule has 1 saturated heterocycles. The van der Waals surface area contributed by atoms with Crippen LogP contribution in [-0.2, 0) is 9.59 Å². The van der Waals surface area contributed by atoms with Crippen LogP contribution in [-0.4, -0.2) is 49.9 Å². The van der Waals surface area contributed by atoms with E-state index in [9.17, 15) is 39.4 Å². The van der Waals surface area contributed by atoms with Gasteiger partial charge in [0.05, 0.1) is 9.85 Å². The van der Waals surface area contributed by atoms with Crippen LogP contribution in [0.2, 0.25) is 0 Å². The fourth-order valence-corrected chi connectivity index (χ4v) is 3.17. The first kappa shape index (κ1) is 22.2. The molecule has 2 aromatic rings. The first-order valence-electron chi connectivity index (χ1n) is 9.38. The number of piperidine rings is 1. The van der Waals surface area contributed by atoms with Crippen molar-refractivity contribution in [1.82, 2.24) is 10.0 Å². The van der Waals surface area contributed by atoms with Gasteiger partial charge in [-0.2, -0.15) is 5.01 Å². The second-order valence-corrected chi connectivity index (χ2v) is 6.85. The van der Waals surface area contributed by atoms with E-state index >= 15 is 0 Å². The molecule has 164 valence electrons. The van der Waals surface area contributed by atoms with Crippen molar-refractivity contribution in [2.45, 2.75) is 19.3 Å². The Kier molecular flexibility index (Phi) is 6.33. The highest BCUT2D eigenvalue weighted by atomic mass is 16.6. The largest absolute Gasteiger partial charge is 0.292 e. The number of benzene rings is 2. The fraction of sp³-hybridized carbons (Fsp3) is 0.200. The van der Waals surface area contributed by atoms with E-state index in [0.29, 0.717) is 10.0 Å². The summed E-state index contributed by atoms with van der Waals surface area (Å²) in [4.78, 5) is 71.4. The van der Waals surface area contributed by atoms with Crippen LogP contribution in [0.3, 0.4) is 0 Å². The van der Waals surface area contributed by atoms with Gasteiger partial charge >= 0.3 is 0 Å². The molecule has 0 spiro atoms. The lowest BCUT2D eigenvalue weighted by molar-refractivity contribution is -0.385. The van der Waals surface area contributed by atoms with E-state index in [0.717, 1.165) is 18.2 Å². The summed E-state index contributed by atoms with van der Waals surface area (Å²) in [5, 5.41) is 23.2. The monoisotopic (exact) mass is 440 g/mol. The summed E-state index contributed by atoms with van der Waals surface area (Å²) in [6.45, 7) is -0.778.